The van der Waals surface area contributed by atoms with Gasteiger partial charge in [-0.2, -0.15) is 0 Å². The molecule has 0 saturated heterocycles. The minimum Gasteiger partial charge on any atom is -0.417 e. The summed E-state index contributed by atoms with van der Waals surface area (Å²) in [6.07, 6.45) is 13.6. The lowest BCUT2D eigenvalue weighted by atomic mass is 10.1. The van der Waals surface area contributed by atoms with Crippen molar-refractivity contribution in [3.63, 3.8) is 0 Å². The highest BCUT2D eigenvalue weighted by molar-refractivity contribution is 5.84. The molecule has 0 aliphatic rings. The third-order valence-corrected chi connectivity index (χ3v) is 4.90. The zero-order chi connectivity index (χ0) is 28.2. The Labute approximate surface area is 218 Å². The molecule has 8 heteroatoms. The molecule has 0 spiro atoms. The van der Waals surface area contributed by atoms with Crippen molar-refractivity contribution in [2.45, 2.75) is 144 Å². The van der Waals surface area contributed by atoms with Gasteiger partial charge in [-0.1, -0.05) is 84.6 Å². The van der Waals surface area contributed by atoms with Crippen LogP contribution in [0.3, 0.4) is 0 Å². The molecule has 0 saturated carbocycles. The maximum Gasteiger partial charge on any atom is 0.309 e. The van der Waals surface area contributed by atoms with Crippen LogP contribution in [-0.2, 0) is 28.7 Å². The number of Topliss-reactive ketones (excluding diaryl/α,β-unsaturated/α-hetero) is 2. The fourth-order valence-corrected chi connectivity index (χ4v) is 2.65. The van der Waals surface area contributed by atoms with Gasteiger partial charge in [-0.05, 0) is 32.6 Å². The molecule has 0 unspecified atom stereocenters. The van der Waals surface area contributed by atoms with E-state index in [1.54, 1.807) is 0 Å². The second-order valence-corrected chi connectivity index (χ2v) is 8.67. The Hall–Kier alpha value is -2.06. The molecular formula is C28H52O8. The van der Waals surface area contributed by atoms with E-state index < -0.39 is 36.1 Å². The van der Waals surface area contributed by atoms with E-state index in [1.165, 1.54) is 39.0 Å². The van der Waals surface area contributed by atoms with Crippen LogP contribution in [0.25, 0.3) is 0 Å². The first-order valence-corrected chi connectivity index (χ1v) is 13.4. The standard InChI is InChI=1S/C17H30O5.C8H16.C3H6O3/c1-4-6-8-10-12-15(19)21-17(14(3)18)22-16(20)13-11-9-7-5-2;1-3-5-7-8-6-4-2;1-2(4)3(5)6/h17H,4-13H2,1-3H3;3H,1,4-8H2,2H3;3,5-6H,1H3. The SMILES string of the molecule is C=CCCCCCC.CC(=O)C(O)O.CCCCCCC(=O)OC(OC(=O)CCCCCC)C(C)=O. The van der Waals surface area contributed by atoms with Crippen LogP contribution in [0.5, 0.6) is 0 Å². The third-order valence-electron chi connectivity index (χ3n) is 4.90. The Morgan fingerprint density at radius 3 is 1.31 bits per heavy atom. The summed E-state index contributed by atoms with van der Waals surface area (Å²) >= 11 is 0. The molecule has 0 radical (unpaired) electrons. The minimum absolute atomic E-state index is 0.248. The van der Waals surface area contributed by atoms with Crippen LogP contribution in [0, 0.1) is 0 Å². The Bertz CT molecular complexity index is 546. The van der Waals surface area contributed by atoms with Crippen molar-refractivity contribution < 1.29 is 38.9 Å². The zero-order valence-electron chi connectivity index (χ0n) is 23.4. The molecule has 2 N–H and O–H groups in total. The molecule has 0 amide bonds. The van der Waals surface area contributed by atoms with E-state index in [1.807, 2.05) is 6.08 Å². The normalized spacial score (nSPS) is 10.0. The maximum atomic E-state index is 11.6. The van der Waals surface area contributed by atoms with Crippen molar-refractivity contribution >= 4 is 23.5 Å². The van der Waals surface area contributed by atoms with Crippen molar-refractivity contribution in [3.8, 4) is 0 Å². The number of ketones is 2. The van der Waals surface area contributed by atoms with Crippen LogP contribution in [-0.4, -0.2) is 46.3 Å². The number of unbranched alkanes of at least 4 members (excludes halogenated alkanes) is 10. The second kappa shape index (κ2) is 29.2. The predicted octanol–water partition coefficient (Wildman–Crippen LogP) is 5.96. The first-order chi connectivity index (χ1) is 17.1. The molecule has 0 atom stereocenters. The highest BCUT2D eigenvalue weighted by Gasteiger charge is 2.23. The number of allylic oxidation sites excluding steroid dienone is 1. The monoisotopic (exact) mass is 516 g/mol. The van der Waals surface area contributed by atoms with Crippen LogP contribution in [0.2, 0.25) is 0 Å². The summed E-state index contributed by atoms with van der Waals surface area (Å²) in [5, 5.41) is 15.7. The van der Waals surface area contributed by atoms with E-state index in [4.69, 9.17) is 19.7 Å². The van der Waals surface area contributed by atoms with Gasteiger partial charge in [0, 0.05) is 19.8 Å². The molecule has 0 rings (SSSR count). The van der Waals surface area contributed by atoms with Crippen LogP contribution >= 0.6 is 0 Å². The molecule has 0 heterocycles. The van der Waals surface area contributed by atoms with Crippen molar-refractivity contribution in [2.75, 3.05) is 0 Å². The molecule has 0 bridgehead atoms. The van der Waals surface area contributed by atoms with Gasteiger partial charge >= 0.3 is 18.2 Å². The summed E-state index contributed by atoms with van der Waals surface area (Å²) < 4.78 is 9.92. The molecule has 0 aromatic heterocycles. The summed E-state index contributed by atoms with van der Waals surface area (Å²) in [6, 6.07) is 0. The number of aliphatic hydroxyl groups excluding tert-OH is 1. The second-order valence-electron chi connectivity index (χ2n) is 8.67. The van der Waals surface area contributed by atoms with Gasteiger partial charge in [-0.15, -0.1) is 6.58 Å². The number of aliphatic hydroxyl groups is 2. The summed E-state index contributed by atoms with van der Waals surface area (Å²) in [5.41, 5.74) is 0. The zero-order valence-corrected chi connectivity index (χ0v) is 23.4. The van der Waals surface area contributed by atoms with Crippen LogP contribution < -0.4 is 0 Å². The van der Waals surface area contributed by atoms with Gasteiger partial charge in [-0.3, -0.25) is 19.2 Å². The summed E-state index contributed by atoms with van der Waals surface area (Å²) in [4.78, 5) is 44.3. The van der Waals surface area contributed by atoms with E-state index in [-0.39, 0.29) is 12.8 Å². The molecule has 36 heavy (non-hydrogen) atoms. The first-order valence-electron chi connectivity index (χ1n) is 13.4. The van der Waals surface area contributed by atoms with E-state index in [2.05, 4.69) is 27.4 Å². The average molecular weight is 517 g/mol. The maximum absolute atomic E-state index is 11.6. The van der Waals surface area contributed by atoms with E-state index in [0.29, 0.717) is 0 Å². The van der Waals surface area contributed by atoms with Crippen molar-refractivity contribution in [2.24, 2.45) is 0 Å². The highest BCUT2D eigenvalue weighted by Crippen LogP contribution is 2.09. The number of rotatable bonds is 19. The fourth-order valence-electron chi connectivity index (χ4n) is 2.65. The van der Waals surface area contributed by atoms with Gasteiger partial charge in [0.05, 0.1) is 0 Å². The number of carbonyl (C=O) groups is 4. The highest BCUT2D eigenvalue weighted by atomic mass is 16.7. The van der Waals surface area contributed by atoms with Crippen molar-refractivity contribution in [1.82, 2.24) is 0 Å². The molecule has 0 aromatic carbocycles. The van der Waals surface area contributed by atoms with Gasteiger partial charge in [0.25, 0.3) is 0 Å². The van der Waals surface area contributed by atoms with E-state index in [0.717, 1.165) is 58.3 Å². The topological polar surface area (TPSA) is 127 Å². The molecular weight excluding hydrogens is 464 g/mol. The van der Waals surface area contributed by atoms with Crippen molar-refractivity contribution in [1.29, 1.82) is 0 Å². The van der Waals surface area contributed by atoms with Gasteiger partial charge in [-0.25, -0.2) is 0 Å². The number of carbonyl (C=O) groups excluding carboxylic acids is 4. The van der Waals surface area contributed by atoms with Gasteiger partial charge in [0.15, 0.2) is 5.78 Å². The van der Waals surface area contributed by atoms with E-state index >= 15 is 0 Å². The fraction of sp³-hybridized carbons (Fsp3) is 0.786. The molecule has 0 aliphatic heterocycles. The number of hydrogen-bond donors (Lipinski definition) is 2. The molecule has 8 nitrogen and oxygen atoms in total. The van der Waals surface area contributed by atoms with Gasteiger partial charge in [0.2, 0.25) is 12.1 Å². The third kappa shape index (κ3) is 31.9. The van der Waals surface area contributed by atoms with Gasteiger partial charge in [0.1, 0.15) is 0 Å². The summed E-state index contributed by atoms with van der Waals surface area (Å²) in [7, 11) is 0. The number of esters is 2. The minimum atomic E-state index is -1.79. The summed E-state index contributed by atoms with van der Waals surface area (Å²) in [6.45, 7) is 12.4. The largest absolute Gasteiger partial charge is 0.417 e. The average Bonchev–Trinajstić information content (AvgIpc) is 2.82. The Morgan fingerprint density at radius 2 is 1.03 bits per heavy atom. The van der Waals surface area contributed by atoms with Crippen molar-refractivity contribution in [3.05, 3.63) is 12.7 Å². The Kier molecular flexibility index (Phi) is 31.2. The first kappa shape index (κ1) is 38.5. The Balaban J connectivity index is -0.000000632. The predicted molar refractivity (Wildman–Crippen MR) is 142 cm³/mol. The van der Waals surface area contributed by atoms with E-state index in [9.17, 15) is 19.2 Å². The number of ether oxygens (including phenoxy) is 2. The van der Waals surface area contributed by atoms with Gasteiger partial charge < -0.3 is 19.7 Å². The quantitative estimate of drug-likeness (QED) is 0.0932. The lowest BCUT2D eigenvalue weighted by Gasteiger charge is -2.15. The summed E-state index contributed by atoms with van der Waals surface area (Å²) in [5.74, 6) is -2.08. The van der Waals surface area contributed by atoms with Crippen LogP contribution in [0.4, 0.5) is 0 Å². The molecule has 0 aliphatic carbocycles. The lowest BCUT2D eigenvalue weighted by molar-refractivity contribution is -0.191. The molecule has 212 valence electrons. The smallest absolute Gasteiger partial charge is 0.309 e. The molecule has 0 fully saturated rings. The van der Waals surface area contributed by atoms with Crippen LogP contribution in [0.1, 0.15) is 131 Å². The lowest BCUT2D eigenvalue weighted by Crippen LogP contribution is -2.30. The molecule has 0 aromatic rings. The Morgan fingerprint density at radius 1 is 0.667 bits per heavy atom. The number of hydrogen-bond acceptors (Lipinski definition) is 8. The van der Waals surface area contributed by atoms with Crippen LogP contribution in [0.15, 0.2) is 12.7 Å².